The van der Waals surface area contributed by atoms with Gasteiger partial charge >= 0.3 is 0 Å². The Kier molecular flexibility index (Phi) is 3.55. The van der Waals surface area contributed by atoms with Gasteiger partial charge in [-0.2, -0.15) is 0 Å². The fraction of sp³-hybridized carbons (Fsp3) is 0.300. The summed E-state index contributed by atoms with van der Waals surface area (Å²) >= 11 is 5.84. The zero-order chi connectivity index (χ0) is 11.6. The summed E-state index contributed by atoms with van der Waals surface area (Å²) < 4.78 is 4.99. The van der Waals surface area contributed by atoms with Crippen molar-refractivity contribution in [1.29, 1.82) is 0 Å². The largest absolute Gasteiger partial charge is 0.505 e. The summed E-state index contributed by atoms with van der Waals surface area (Å²) in [6.07, 6.45) is 0. The van der Waals surface area contributed by atoms with Crippen molar-refractivity contribution in [3.63, 3.8) is 0 Å². The highest BCUT2D eigenvalue weighted by atomic mass is 35.5. The second-order valence-electron chi connectivity index (χ2n) is 3.06. The highest BCUT2D eigenvalue weighted by Crippen LogP contribution is 2.38. The fourth-order valence-electron chi connectivity index (χ4n) is 1.32. The number of hydrogen-bond donors (Lipinski definition) is 2. The molecule has 5 heteroatoms. The number of carbonyl (C=O) groups is 1. The van der Waals surface area contributed by atoms with Gasteiger partial charge in [-0.1, -0.05) is 11.6 Å². The van der Waals surface area contributed by atoms with Gasteiger partial charge < -0.3 is 15.6 Å². The van der Waals surface area contributed by atoms with Crippen LogP contribution < -0.4 is 10.5 Å². The van der Waals surface area contributed by atoms with Crippen molar-refractivity contribution in [2.75, 3.05) is 13.7 Å². The maximum absolute atomic E-state index is 11.4. The normalized spacial score (nSPS) is 10.1. The molecule has 0 unspecified atom stereocenters. The van der Waals surface area contributed by atoms with E-state index in [2.05, 4.69) is 0 Å². The average molecular weight is 230 g/mol. The molecule has 0 aliphatic carbocycles. The van der Waals surface area contributed by atoms with E-state index >= 15 is 0 Å². The Morgan fingerprint density at radius 1 is 1.67 bits per heavy atom. The quantitative estimate of drug-likeness (QED) is 0.771. The number of benzene rings is 1. The molecule has 0 atom stereocenters. The molecular formula is C10H12ClNO3. The number of halogens is 1. The van der Waals surface area contributed by atoms with Gasteiger partial charge in [0.2, 0.25) is 0 Å². The maximum Gasteiger partial charge on any atom is 0.180 e. The first-order valence-electron chi connectivity index (χ1n) is 4.32. The van der Waals surface area contributed by atoms with E-state index in [0.717, 1.165) is 0 Å². The lowest BCUT2D eigenvalue weighted by Gasteiger charge is -2.11. The number of carbonyl (C=O) groups excluding carboxylic acids is 1. The zero-order valence-electron chi connectivity index (χ0n) is 8.50. The van der Waals surface area contributed by atoms with Gasteiger partial charge in [-0.25, -0.2) is 0 Å². The van der Waals surface area contributed by atoms with Crippen LogP contribution in [-0.4, -0.2) is 24.5 Å². The van der Waals surface area contributed by atoms with Crippen LogP contribution in [0.3, 0.4) is 0 Å². The van der Waals surface area contributed by atoms with E-state index in [-0.39, 0.29) is 28.7 Å². The second-order valence-corrected chi connectivity index (χ2v) is 3.44. The van der Waals surface area contributed by atoms with Crippen LogP contribution in [0.15, 0.2) is 6.07 Å². The Labute approximate surface area is 92.6 Å². The number of aryl methyl sites for hydroxylation is 1. The molecule has 0 fully saturated rings. The van der Waals surface area contributed by atoms with E-state index in [0.29, 0.717) is 11.3 Å². The van der Waals surface area contributed by atoms with Gasteiger partial charge in [0, 0.05) is 0 Å². The standard InChI is InChI=1S/C10H12ClNO3/c1-5-3-6(7(13)4-12)9(14)8(11)10(5)15-2/h3,14H,4,12H2,1-2H3. The number of ketones is 1. The van der Waals surface area contributed by atoms with Crippen LogP contribution in [0.5, 0.6) is 11.5 Å². The van der Waals surface area contributed by atoms with Gasteiger partial charge in [-0.3, -0.25) is 4.79 Å². The third-order valence-electron chi connectivity index (χ3n) is 2.07. The lowest BCUT2D eigenvalue weighted by atomic mass is 10.1. The highest BCUT2D eigenvalue weighted by molar-refractivity contribution is 6.34. The first-order valence-corrected chi connectivity index (χ1v) is 4.70. The number of nitrogens with two attached hydrogens (primary N) is 1. The van der Waals surface area contributed by atoms with Crippen LogP contribution in [0.2, 0.25) is 5.02 Å². The van der Waals surface area contributed by atoms with E-state index in [9.17, 15) is 9.90 Å². The molecule has 0 radical (unpaired) electrons. The topological polar surface area (TPSA) is 72.5 Å². The average Bonchev–Trinajstić information content (AvgIpc) is 2.23. The van der Waals surface area contributed by atoms with Gasteiger partial charge in [0.05, 0.1) is 19.2 Å². The van der Waals surface area contributed by atoms with Crippen molar-refractivity contribution in [2.45, 2.75) is 6.92 Å². The molecule has 15 heavy (non-hydrogen) atoms. The summed E-state index contributed by atoms with van der Waals surface area (Å²) in [7, 11) is 1.44. The van der Waals surface area contributed by atoms with E-state index in [1.807, 2.05) is 0 Å². The summed E-state index contributed by atoms with van der Waals surface area (Å²) in [6, 6.07) is 1.51. The molecule has 0 saturated carbocycles. The molecule has 4 nitrogen and oxygen atoms in total. The fourth-order valence-corrected chi connectivity index (χ4v) is 1.65. The monoisotopic (exact) mass is 229 g/mol. The van der Waals surface area contributed by atoms with Crippen molar-refractivity contribution in [3.8, 4) is 11.5 Å². The highest BCUT2D eigenvalue weighted by Gasteiger charge is 2.18. The second kappa shape index (κ2) is 4.51. The van der Waals surface area contributed by atoms with Gasteiger partial charge in [-0.05, 0) is 18.6 Å². The van der Waals surface area contributed by atoms with Crippen molar-refractivity contribution < 1.29 is 14.6 Å². The molecule has 3 N–H and O–H groups in total. The third kappa shape index (κ3) is 2.06. The lowest BCUT2D eigenvalue weighted by molar-refractivity contribution is 0.0998. The molecule has 1 aromatic carbocycles. The third-order valence-corrected chi connectivity index (χ3v) is 2.42. The molecule has 1 rings (SSSR count). The molecule has 82 valence electrons. The van der Waals surface area contributed by atoms with Gasteiger partial charge in [0.15, 0.2) is 5.78 Å². The molecule has 0 spiro atoms. The molecule has 0 aliphatic heterocycles. The van der Waals surface area contributed by atoms with Gasteiger partial charge in [0.25, 0.3) is 0 Å². The van der Waals surface area contributed by atoms with Crippen LogP contribution in [0.1, 0.15) is 15.9 Å². The van der Waals surface area contributed by atoms with Crippen LogP contribution in [0.25, 0.3) is 0 Å². The van der Waals surface area contributed by atoms with Gasteiger partial charge in [0.1, 0.15) is 16.5 Å². The van der Waals surface area contributed by atoms with Crippen molar-refractivity contribution >= 4 is 17.4 Å². The Balaban J connectivity index is 3.40. The maximum atomic E-state index is 11.4. The smallest absolute Gasteiger partial charge is 0.180 e. The molecule has 0 aromatic heterocycles. The van der Waals surface area contributed by atoms with E-state index in [4.69, 9.17) is 22.1 Å². The van der Waals surface area contributed by atoms with E-state index < -0.39 is 0 Å². The SMILES string of the molecule is COc1c(C)cc(C(=O)CN)c(O)c1Cl. The molecule has 0 bridgehead atoms. The van der Waals surface area contributed by atoms with E-state index in [1.165, 1.54) is 13.2 Å². The Bertz CT molecular complexity index is 404. The van der Waals surface area contributed by atoms with Crippen LogP contribution in [-0.2, 0) is 0 Å². The van der Waals surface area contributed by atoms with Crippen LogP contribution in [0.4, 0.5) is 0 Å². The number of aromatic hydroxyl groups is 1. The summed E-state index contributed by atoms with van der Waals surface area (Å²) in [5.41, 5.74) is 6.01. The first-order chi connectivity index (χ1) is 7.02. The van der Waals surface area contributed by atoms with Crippen molar-refractivity contribution in [1.82, 2.24) is 0 Å². The molecule has 0 heterocycles. The predicted octanol–water partition coefficient (Wildman–Crippen LogP) is 1.50. The Morgan fingerprint density at radius 2 is 2.27 bits per heavy atom. The molecule has 1 aromatic rings. The van der Waals surface area contributed by atoms with E-state index in [1.54, 1.807) is 6.92 Å². The number of ether oxygens (including phenoxy) is 1. The molecule has 0 aliphatic rings. The van der Waals surface area contributed by atoms with Crippen molar-refractivity contribution in [3.05, 3.63) is 22.2 Å². The number of rotatable bonds is 3. The number of phenols is 1. The lowest BCUT2D eigenvalue weighted by Crippen LogP contribution is -2.14. The summed E-state index contributed by atoms with van der Waals surface area (Å²) in [5.74, 6) is -0.280. The van der Waals surface area contributed by atoms with Crippen LogP contribution in [0, 0.1) is 6.92 Å². The van der Waals surface area contributed by atoms with Crippen LogP contribution >= 0.6 is 11.6 Å². The summed E-state index contributed by atoms with van der Waals surface area (Å²) in [4.78, 5) is 11.4. The first kappa shape index (κ1) is 11.8. The summed E-state index contributed by atoms with van der Waals surface area (Å²) in [5, 5.41) is 9.68. The number of methoxy groups -OCH3 is 1. The minimum Gasteiger partial charge on any atom is -0.505 e. The minimum atomic E-state index is -0.361. The molecule has 0 saturated heterocycles. The Morgan fingerprint density at radius 3 is 2.73 bits per heavy atom. The van der Waals surface area contributed by atoms with Gasteiger partial charge in [-0.15, -0.1) is 0 Å². The minimum absolute atomic E-state index is 0.0364. The zero-order valence-corrected chi connectivity index (χ0v) is 9.26. The molecular weight excluding hydrogens is 218 g/mol. The molecule has 0 amide bonds. The number of Topliss-reactive ketones (excluding diaryl/α,β-unsaturated/α-hetero) is 1. The number of hydrogen-bond acceptors (Lipinski definition) is 4. The summed E-state index contributed by atoms with van der Waals surface area (Å²) in [6.45, 7) is 1.56. The number of phenolic OH excluding ortho intramolecular Hbond substituents is 1. The van der Waals surface area contributed by atoms with Crippen molar-refractivity contribution in [2.24, 2.45) is 5.73 Å². The predicted molar refractivity (Wildman–Crippen MR) is 57.8 cm³/mol. The Hall–Kier alpha value is -1.26.